The van der Waals surface area contributed by atoms with E-state index in [0.29, 0.717) is 0 Å². The van der Waals surface area contributed by atoms with E-state index in [1.807, 2.05) is 0 Å². The quantitative estimate of drug-likeness (QED) is 0.411. The van der Waals surface area contributed by atoms with Gasteiger partial charge < -0.3 is 4.90 Å². The largest absolute Gasteiger partial charge is 0.304 e. The minimum atomic E-state index is 1.18. The number of unbranched alkanes of at least 4 members (excludes halogenated alkanes) is 2. The first kappa shape index (κ1) is 12.7. The fraction of sp³-hybridized carbons (Fsp3) is 0.833. The van der Waals surface area contributed by atoms with Crippen molar-refractivity contribution in [3.8, 4) is 0 Å². The molecule has 0 aromatic carbocycles. The van der Waals surface area contributed by atoms with E-state index in [2.05, 4.69) is 37.8 Å². The standard InChI is InChI=1S/C12H25N/c1-4-7-8-9-10-11-12-13(5-2)6-3/h9-10H,4-8,11-12H2,1-3H3/b10-9+. The monoisotopic (exact) mass is 183 g/mol. The molecule has 0 saturated carbocycles. The Labute approximate surface area is 83.8 Å². The van der Waals surface area contributed by atoms with E-state index in [-0.39, 0.29) is 0 Å². The van der Waals surface area contributed by atoms with Crippen LogP contribution in [0.2, 0.25) is 0 Å². The highest BCUT2D eigenvalue weighted by atomic mass is 15.1. The minimum absolute atomic E-state index is 1.18. The van der Waals surface area contributed by atoms with Gasteiger partial charge in [-0.05, 0) is 25.9 Å². The fourth-order valence-electron chi connectivity index (χ4n) is 1.35. The van der Waals surface area contributed by atoms with E-state index in [1.165, 1.54) is 45.3 Å². The van der Waals surface area contributed by atoms with Gasteiger partial charge in [0.25, 0.3) is 0 Å². The van der Waals surface area contributed by atoms with E-state index in [0.717, 1.165) is 0 Å². The lowest BCUT2D eigenvalue weighted by molar-refractivity contribution is 0.310. The molecule has 78 valence electrons. The molecule has 0 aliphatic carbocycles. The van der Waals surface area contributed by atoms with Gasteiger partial charge in [0.05, 0.1) is 0 Å². The molecule has 0 heterocycles. The average molecular weight is 183 g/mol. The highest BCUT2D eigenvalue weighted by molar-refractivity contribution is 4.82. The SMILES string of the molecule is CCCC/C=C/CCN(CC)CC. The minimum Gasteiger partial charge on any atom is -0.304 e. The number of hydrogen-bond donors (Lipinski definition) is 0. The summed E-state index contributed by atoms with van der Waals surface area (Å²) in [5, 5.41) is 0. The molecule has 0 aliphatic rings. The van der Waals surface area contributed by atoms with Crippen molar-refractivity contribution in [3.05, 3.63) is 12.2 Å². The second kappa shape index (κ2) is 9.79. The summed E-state index contributed by atoms with van der Waals surface area (Å²) in [6, 6.07) is 0. The van der Waals surface area contributed by atoms with E-state index >= 15 is 0 Å². The molecule has 0 aromatic rings. The molecule has 0 unspecified atom stereocenters. The van der Waals surface area contributed by atoms with E-state index in [4.69, 9.17) is 0 Å². The Balaban J connectivity index is 3.26. The highest BCUT2D eigenvalue weighted by Crippen LogP contribution is 1.97. The van der Waals surface area contributed by atoms with Gasteiger partial charge in [-0.2, -0.15) is 0 Å². The zero-order chi connectivity index (χ0) is 9.94. The van der Waals surface area contributed by atoms with Gasteiger partial charge in [-0.1, -0.05) is 45.8 Å². The highest BCUT2D eigenvalue weighted by Gasteiger charge is 1.94. The molecule has 1 nitrogen and oxygen atoms in total. The molecule has 0 spiro atoms. The molecule has 0 fully saturated rings. The van der Waals surface area contributed by atoms with Crippen LogP contribution in [0.15, 0.2) is 12.2 Å². The van der Waals surface area contributed by atoms with Crippen LogP contribution in [0.3, 0.4) is 0 Å². The summed E-state index contributed by atoms with van der Waals surface area (Å²) in [6.45, 7) is 10.3. The first-order valence-electron chi connectivity index (χ1n) is 5.72. The molecule has 0 bridgehead atoms. The van der Waals surface area contributed by atoms with Crippen molar-refractivity contribution in [1.29, 1.82) is 0 Å². The average Bonchev–Trinajstić information content (AvgIpc) is 2.17. The van der Waals surface area contributed by atoms with Crippen LogP contribution >= 0.6 is 0 Å². The summed E-state index contributed by atoms with van der Waals surface area (Å²) < 4.78 is 0. The molecule has 0 aromatic heterocycles. The van der Waals surface area contributed by atoms with Crippen molar-refractivity contribution >= 4 is 0 Å². The predicted molar refractivity (Wildman–Crippen MR) is 61.1 cm³/mol. The van der Waals surface area contributed by atoms with E-state index in [9.17, 15) is 0 Å². The lowest BCUT2D eigenvalue weighted by Gasteiger charge is -2.16. The van der Waals surface area contributed by atoms with Gasteiger partial charge in [0.15, 0.2) is 0 Å². The van der Waals surface area contributed by atoms with Crippen molar-refractivity contribution < 1.29 is 0 Å². The Hall–Kier alpha value is -0.300. The zero-order valence-corrected chi connectivity index (χ0v) is 9.55. The molecule has 0 saturated heterocycles. The second-order valence-corrected chi connectivity index (χ2v) is 3.43. The van der Waals surface area contributed by atoms with Gasteiger partial charge in [-0.25, -0.2) is 0 Å². The Morgan fingerprint density at radius 2 is 1.54 bits per heavy atom. The summed E-state index contributed by atoms with van der Waals surface area (Å²) in [4.78, 5) is 2.46. The van der Waals surface area contributed by atoms with Crippen LogP contribution in [-0.2, 0) is 0 Å². The van der Waals surface area contributed by atoms with Crippen LogP contribution in [-0.4, -0.2) is 24.5 Å². The maximum atomic E-state index is 2.46. The fourth-order valence-corrected chi connectivity index (χ4v) is 1.35. The van der Waals surface area contributed by atoms with Crippen LogP contribution in [0.4, 0.5) is 0 Å². The molecule has 13 heavy (non-hydrogen) atoms. The molecule has 0 rings (SSSR count). The topological polar surface area (TPSA) is 3.24 Å². The molecule has 0 N–H and O–H groups in total. The Kier molecular flexibility index (Phi) is 9.56. The third kappa shape index (κ3) is 8.04. The normalized spacial score (nSPS) is 11.7. The number of nitrogens with zero attached hydrogens (tertiary/aromatic N) is 1. The van der Waals surface area contributed by atoms with Crippen molar-refractivity contribution in [2.75, 3.05) is 19.6 Å². The van der Waals surface area contributed by atoms with Gasteiger partial charge in [0, 0.05) is 6.54 Å². The van der Waals surface area contributed by atoms with Crippen LogP contribution in [0.5, 0.6) is 0 Å². The summed E-state index contributed by atoms with van der Waals surface area (Å²) in [5.74, 6) is 0. The third-order valence-electron chi connectivity index (χ3n) is 2.40. The molecule has 0 atom stereocenters. The van der Waals surface area contributed by atoms with E-state index < -0.39 is 0 Å². The maximum Gasteiger partial charge on any atom is 0.00157 e. The Morgan fingerprint density at radius 3 is 2.08 bits per heavy atom. The summed E-state index contributed by atoms with van der Waals surface area (Å²) in [7, 11) is 0. The third-order valence-corrected chi connectivity index (χ3v) is 2.40. The van der Waals surface area contributed by atoms with Crippen molar-refractivity contribution in [2.24, 2.45) is 0 Å². The predicted octanol–water partition coefficient (Wildman–Crippen LogP) is 3.46. The van der Waals surface area contributed by atoms with Gasteiger partial charge in [-0.3, -0.25) is 0 Å². The summed E-state index contributed by atoms with van der Waals surface area (Å²) in [5.41, 5.74) is 0. The molecule has 0 amide bonds. The Bertz CT molecular complexity index is 114. The van der Waals surface area contributed by atoms with Crippen LogP contribution in [0, 0.1) is 0 Å². The number of hydrogen-bond acceptors (Lipinski definition) is 1. The summed E-state index contributed by atoms with van der Waals surface area (Å²) >= 11 is 0. The molecular weight excluding hydrogens is 158 g/mol. The first-order chi connectivity index (χ1) is 6.35. The molecular formula is C12H25N. The van der Waals surface area contributed by atoms with Crippen LogP contribution in [0.25, 0.3) is 0 Å². The lowest BCUT2D eigenvalue weighted by Crippen LogP contribution is -2.23. The number of allylic oxidation sites excluding steroid dienone is 1. The second-order valence-electron chi connectivity index (χ2n) is 3.43. The molecule has 0 radical (unpaired) electrons. The van der Waals surface area contributed by atoms with Gasteiger partial charge in [-0.15, -0.1) is 0 Å². The maximum absolute atomic E-state index is 2.46. The van der Waals surface area contributed by atoms with Gasteiger partial charge in [0.1, 0.15) is 0 Å². The Morgan fingerprint density at radius 1 is 0.923 bits per heavy atom. The first-order valence-corrected chi connectivity index (χ1v) is 5.72. The van der Waals surface area contributed by atoms with Crippen molar-refractivity contribution in [1.82, 2.24) is 4.90 Å². The van der Waals surface area contributed by atoms with Crippen molar-refractivity contribution in [2.45, 2.75) is 46.5 Å². The van der Waals surface area contributed by atoms with Crippen molar-refractivity contribution in [3.63, 3.8) is 0 Å². The van der Waals surface area contributed by atoms with Crippen LogP contribution in [0.1, 0.15) is 46.5 Å². The lowest BCUT2D eigenvalue weighted by atomic mass is 10.2. The van der Waals surface area contributed by atoms with Gasteiger partial charge in [0.2, 0.25) is 0 Å². The zero-order valence-electron chi connectivity index (χ0n) is 9.55. The van der Waals surface area contributed by atoms with Crippen LogP contribution < -0.4 is 0 Å². The summed E-state index contributed by atoms with van der Waals surface area (Å²) in [6.07, 6.45) is 9.77. The molecule has 0 aliphatic heterocycles. The smallest absolute Gasteiger partial charge is 0.00157 e. The number of rotatable bonds is 8. The van der Waals surface area contributed by atoms with E-state index in [1.54, 1.807) is 0 Å². The molecule has 1 heteroatoms. The van der Waals surface area contributed by atoms with Gasteiger partial charge >= 0.3 is 0 Å².